The topological polar surface area (TPSA) is 26.3 Å². The summed E-state index contributed by atoms with van der Waals surface area (Å²) in [6.45, 7) is 4.80. The van der Waals surface area contributed by atoms with E-state index in [1.807, 2.05) is 19.9 Å². The molecule has 0 fully saturated rings. The summed E-state index contributed by atoms with van der Waals surface area (Å²) in [5, 5.41) is 0. The molecular formula is C11H18O2. The highest BCUT2D eigenvalue weighted by Crippen LogP contribution is 2.36. The number of ketones is 1. The first-order valence-corrected chi connectivity index (χ1v) is 4.79. The summed E-state index contributed by atoms with van der Waals surface area (Å²) in [5.41, 5.74) is -0.201. The summed E-state index contributed by atoms with van der Waals surface area (Å²) in [7, 11) is 1.70. The molecule has 0 amide bonds. The molecule has 0 aromatic heterocycles. The molecule has 0 radical (unpaired) electrons. The Balaban J connectivity index is 2.64. The number of ether oxygens (including phenoxy) is 1. The number of allylic oxidation sites excluding steroid dienone is 2. The Bertz CT molecular complexity index is 216. The second-order valence-corrected chi connectivity index (χ2v) is 4.20. The SMILES string of the molecule is COCCC1CC=CC(=O)C1(C)C. The zero-order chi connectivity index (χ0) is 9.90. The predicted octanol–water partition coefficient (Wildman–Crippen LogP) is 2.19. The Kier molecular flexibility index (Phi) is 3.26. The zero-order valence-electron chi connectivity index (χ0n) is 8.67. The Labute approximate surface area is 80.0 Å². The van der Waals surface area contributed by atoms with E-state index in [0.717, 1.165) is 19.4 Å². The molecule has 13 heavy (non-hydrogen) atoms. The summed E-state index contributed by atoms with van der Waals surface area (Å²) in [6.07, 6.45) is 5.67. The summed E-state index contributed by atoms with van der Waals surface area (Å²) in [4.78, 5) is 11.6. The van der Waals surface area contributed by atoms with Gasteiger partial charge in [0.15, 0.2) is 5.78 Å². The van der Waals surface area contributed by atoms with E-state index in [9.17, 15) is 4.79 Å². The van der Waals surface area contributed by atoms with E-state index in [1.54, 1.807) is 13.2 Å². The van der Waals surface area contributed by atoms with Gasteiger partial charge in [0.25, 0.3) is 0 Å². The van der Waals surface area contributed by atoms with Gasteiger partial charge in [0.05, 0.1) is 0 Å². The van der Waals surface area contributed by atoms with Crippen molar-refractivity contribution in [2.75, 3.05) is 13.7 Å². The maximum absolute atomic E-state index is 11.6. The largest absolute Gasteiger partial charge is 0.385 e. The van der Waals surface area contributed by atoms with Crippen molar-refractivity contribution in [3.63, 3.8) is 0 Å². The first-order valence-electron chi connectivity index (χ1n) is 4.79. The van der Waals surface area contributed by atoms with Crippen LogP contribution in [0.25, 0.3) is 0 Å². The highest BCUT2D eigenvalue weighted by molar-refractivity contribution is 5.95. The first kappa shape index (κ1) is 10.5. The van der Waals surface area contributed by atoms with Crippen molar-refractivity contribution in [3.05, 3.63) is 12.2 Å². The molecule has 0 saturated carbocycles. The molecule has 1 rings (SSSR count). The number of hydrogen-bond donors (Lipinski definition) is 0. The van der Waals surface area contributed by atoms with Crippen LogP contribution in [0.5, 0.6) is 0 Å². The van der Waals surface area contributed by atoms with Gasteiger partial charge in [0.1, 0.15) is 0 Å². The number of rotatable bonds is 3. The molecule has 1 aliphatic rings. The number of hydrogen-bond acceptors (Lipinski definition) is 2. The van der Waals surface area contributed by atoms with Crippen LogP contribution in [-0.4, -0.2) is 19.5 Å². The lowest BCUT2D eigenvalue weighted by molar-refractivity contribution is -0.125. The second kappa shape index (κ2) is 4.05. The summed E-state index contributed by atoms with van der Waals surface area (Å²) in [5.74, 6) is 0.685. The van der Waals surface area contributed by atoms with Crippen molar-refractivity contribution in [1.29, 1.82) is 0 Å². The van der Waals surface area contributed by atoms with Crippen LogP contribution in [0.15, 0.2) is 12.2 Å². The van der Waals surface area contributed by atoms with E-state index >= 15 is 0 Å². The van der Waals surface area contributed by atoms with Crippen LogP contribution in [0.4, 0.5) is 0 Å². The van der Waals surface area contributed by atoms with Crippen molar-refractivity contribution in [2.24, 2.45) is 11.3 Å². The van der Waals surface area contributed by atoms with E-state index in [-0.39, 0.29) is 11.2 Å². The maximum atomic E-state index is 11.6. The number of carbonyl (C=O) groups excluding carboxylic acids is 1. The molecule has 0 aromatic carbocycles. The van der Waals surface area contributed by atoms with Crippen molar-refractivity contribution in [1.82, 2.24) is 0 Å². The summed E-state index contributed by atoms with van der Waals surface area (Å²) < 4.78 is 5.04. The Morgan fingerprint density at radius 2 is 2.31 bits per heavy atom. The molecular weight excluding hydrogens is 164 g/mol. The number of methoxy groups -OCH3 is 1. The van der Waals surface area contributed by atoms with Crippen molar-refractivity contribution in [3.8, 4) is 0 Å². The highest BCUT2D eigenvalue weighted by Gasteiger charge is 2.36. The lowest BCUT2D eigenvalue weighted by Crippen LogP contribution is -2.34. The predicted molar refractivity (Wildman–Crippen MR) is 52.5 cm³/mol. The van der Waals surface area contributed by atoms with Crippen LogP contribution >= 0.6 is 0 Å². The minimum Gasteiger partial charge on any atom is -0.385 e. The minimum absolute atomic E-state index is 0.201. The third kappa shape index (κ3) is 2.19. The molecule has 0 N–H and O–H groups in total. The lowest BCUT2D eigenvalue weighted by Gasteiger charge is -2.34. The molecule has 2 nitrogen and oxygen atoms in total. The van der Waals surface area contributed by atoms with E-state index in [1.165, 1.54) is 0 Å². The van der Waals surface area contributed by atoms with Crippen LogP contribution in [0.2, 0.25) is 0 Å². The molecule has 0 bridgehead atoms. The zero-order valence-corrected chi connectivity index (χ0v) is 8.67. The van der Waals surface area contributed by atoms with Gasteiger partial charge in [-0.25, -0.2) is 0 Å². The Hall–Kier alpha value is -0.630. The van der Waals surface area contributed by atoms with Crippen molar-refractivity contribution >= 4 is 5.78 Å². The van der Waals surface area contributed by atoms with E-state index in [2.05, 4.69) is 0 Å². The monoisotopic (exact) mass is 182 g/mol. The molecule has 0 aromatic rings. The van der Waals surface area contributed by atoms with Gasteiger partial charge in [-0.3, -0.25) is 4.79 Å². The minimum atomic E-state index is -0.201. The molecule has 1 aliphatic carbocycles. The van der Waals surface area contributed by atoms with E-state index < -0.39 is 0 Å². The first-order chi connectivity index (χ1) is 6.09. The van der Waals surface area contributed by atoms with Gasteiger partial charge >= 0.3 is 0 Å². The number of carbonyl (C=O) groups is 1. The molecule has 0 aliphatic heterocycles. The van der Waals surface area contributed by atoms with E-state index in [0.29, 0.717) is 5.92 Å². The Morgan fingerprint density at radius 3 is 2.92 bits per heavy atom. The fourth-order valence-corrected chi connectivity index (χ4v) is 1.79. The third-order valence-electron chi connectivity index (χ3n) is 3.02. The van der Waals surface area contributed by atoms with Gasteiger partial charge in [0, 0.05) is 19.1 Å². The summed E-state index contributed by atoms with van der Waals surface area (Å²) in [6, 6.07) is 0. The van der Waals surface area contributed by atoms with Gasteiger partial charge in [0.2, 0.25) is 0 Å². The van der Waals surface area contributed by atoms with Crippen LogP contribution in [-0.2, 0) is 9.53 Å². The van der Waals surface area contributed by atoms with Crippen LogP contribution in [0, 0.1) is 11.3 Å². The highest BCUT2D eigenvalue weighted by atomic mass is 16.5. The van der Waals surface area contributed by atoms with Crippen LogP contribution in [0.1, 0.15) is 26.7 Å². The van der Waals surface area contributed by atoms with Gasteiger partial charge in [-0.15, -0.1) is 0 Å². The molecule has 0 spiro atoms. The maximum Gasteiger partial charge on any atom is 0.161 e. The Morgan fingerprint density at radius 1 is 1.62 bits per heavy atom. The molecule has 2 heteroatoms. The lowest BCUT2D eigenvalue weighted by atomic mass is 9.69. The van der Waals surface area contributed by atoms with Crippen LogP contribution in [0.3, 0.4) is 0 Å². The van der Waals surface area contributed by atoms with E-state index in [4.69, 9.17) is 4.74 Å². The molecule has 0 heterocycles. The average molecular weight is 182 g/mol. The molecule has 74 valence electrons. The molecule has 1 unspecified atom stereocenters. The van der Waals surface area contributed by atoms with Crippen LogP contribution < -0.4 is 0 Å². The van der Waals surface area contributed by atoms with Gasteiger partial charge in [-0.2, -0.15) is 0 Å². The van der Waals surface area contributed by atoms with Gasteiger partial charge in [-0.1, -0.05) is 19.9 Å². The fraction of sp³-hybridized carbons (Fsp3) is 0.727. The fourth-order valence-electron chi connectivity index (χ4n) is 1.79. The quantitative estimate of drug-likeness (QED) is 0.668. The normalized spacial score (nSPS) is 26.4. The van der Waals surface area contributed by atoms with Crippen molar-refractivity contribution < 1.29 is 9.53 Å². The molecule has 0 saturated heterocycles. The standard InChI is InChI=1S/C11H18O2/c1-11(2)9(7-8-13-3)5-4-6-10(11)12/h4,6,9H,5,7-8H2,1-3H3. The van der Waals surface area contributed by atoms with Crippen molar-refractivity contribution in [2.45, 2.75) is 26.7 Å². The smallest absolute Gasteiger partial charge is 0.161 e. The van der Waals surface area contributed by atoms with Gasteiger partial charge in [-0.05, 0) is 24.8 Å². The third-order valence-corrected chi connectivity index (χ3v) is 3.02. The second-order valence-electron chi connectivity index (χ2n) is 4.20. The molecule has 1 atom stereocenters. The average Bonchev–Trinajstić information content (AvgIpc) is 2.08. The van der Waals surface area contributed by atoms with Gasteiger partial charge < -0.3 is 4.74 Å². The summed E-state index contributed by atoms with van der Waals surface area (Å²) >= 11 is 0.